The Bertz CT molecular complexity index is 681. The molecule has 2 fully saturated rings. The normalized spacial score (nSPS) is 22.3. The van der Waals surface area contributed by atoms with Crippen molar-refractivity contribution < 1.29 is 4.79 Å². The molecule has 0 radical (unpaired) electrons. The Balaban J connectivity index is 0.00000320. The summed E-state index contributed by atoms with van der Waals surface area (Å²) in [5.74, 6) is 1.78. The molecule has 2 saturated heterocycles. The highest BCUT2D eigenvalue weighted by Crippen LogP contribution is 2.31. The predicted octanol–water partition coefficient (Wildman–Crippen LogP) is 2.94. The van der Waals surface area contributed by atoms with E-state index < -0.39 is 0 Å². The maximum atomic E-state index is 11.7. The van der Waals surface area contributed by atoms with E-state index in [9.17, 15) is 4.79 Å². The number of nitrogens with zero attached hydrogens (tertiary/aromatic N) is 3. The van der Waals surface area contributed by atoms with Crippen LogP contribution in [-0.4, -0.2) is 67.5 Å². The van der Waals surface area contributed by atoms with Gasteiger partial charge in [-0.25, -0.2) is 0 Å². The molecular formula is C23H38IN5O. The number of rotatable bonds is 6. The fourth-order valence-corrected chi connectivity index (χ4v) is 4.61. The van der Waals surface area contributed by atoms with Crippen molar-refractivity contribution in [2.45, 2.75) is 45.7 Å². The third kappa shape index (κ3) is 6.83. The van der Waals surface area contributed by atoms with E-state index in [1.54, 1.807) is 0 Å². The maximum Gasteiger partial charge on any atom is 0.222 e. The number of nitrogens with one attached hydrogen (secondary N) is 2. The molecule has 1 aromatic carbocycles. The average Bonchev–Trinajstić information content (AvgIpc) is 2.74. The highest BCUT2D eigenvalue weighted by atomic mass is 127. The van der Waals surface area contributed by atoms with E-state index in [4.69, 9.17) is 0 Å². The lowest BCUT2D eigenvalue weighted by molar-refractivity contribution is -0.123. The first kappa shape index (κ1) is 24.9. The quantitative estimate of drug-likeness (QED) is 0.259. The van der Waals surface area contributed by atoms with Gasteiger partial charge in [-0.2, -0.15) is 0 Å². The van der Waals surface area contributed by atoms with Crippen LogP contribution in [0.3, 0.4) is 0 Å². The molecule has 168 valence electrons. The molecule has 30 heavy (non-hydrogen) atoms. The lowest BCUT2D eigenvalue weighted by atomic mass is 9.83. The van der Waals surface area contributed by atoms with Crippen LogP contribution in [0.2, 0.25) is 0 Å². The lowest BCUT2D eigenvalue weighted by Gasteiger charge is -2.48. The van der Waals surface area contributed by atoms with E-state index in [2.05, 4.69) is 55.8 Å². The molecule has 2 unspecified atom stereocenters. The number of carbonyl (C=O) groups is 1. The smallest absolute Gasteiger partial charge is 0.222 e. The number of aliphatic imine (C=N–C) groups is 1. The maximum absolute atomic E-state index is 11.7. The second-order valence-corrected chi connectivity index (χ2v) is 8.58. The molecule has 2 aliphatic rings. The van der Waals surface area contributed by atoms with Crippen LogP contribution in [0, 0.1) is 11.8 Å². The van der Waals surface area contributed by atoms with Gasteiger partial charge < -0.3 is 15.5 Å². The van der Waals surface area contributed by atoms with Crippen molar-refractivity contribution in [2.75, 3.05) is 39.8 Å². The number of piperidine rings is 2. The molecule has 7 heteroatoms. The van der Waals surface area contributed by atoms with Crippen molar-refractivity contribution in [3.8, 4) is 0 Å². The summed E-state index contributed by atoms with van der Waals surface area (Å²) in [5, 5.41) is 6.38. The Morgan fingerprint density at radius 2 is 1.87 bits per heavy atom. The van der Waals surface area contributed by atoms with Crippen LogP contribution in [0.25, 0.3) is 0 Å². The molecule has 2 N–H and O–H groups in total. The summed E-state index contributed by atoms with van der Waals surface area (Å²) in [6, 6.07) is 11.5. The van der Waals surface area contributed by atoms with Crippen molar-refractivity contribution >= 4 is 35.8 Å². The zero-order valence-corrected chi connectivity index (χ0v) is 21.0. The minimum absolute atomic E-state index is 0. The summed E-state index contributed by atoms with van der Waals surface area (Å²) in [5.41, 5.74) is 1.41. The Morgan fingerprint density at radius 3 is 2.57 bits per heavy atom. The molecule has 0 aromatic heterocycles. The average molecular weight is 527 g/mol. The molecule has 2 atom stereocenters. The summed E-state index contributed by atoms with van der Waals surface area (Å²) in [6.45, 7) is 9.52. The van der Waals surface area contributed by atoms with Gasteiger partial charge in [0.25, 0.3) is 0 Å². The minimum Gasteiger partial charge on any atom is -0.354 e. The number of amides is 1. The summed E-state index contributed by atoms with van der Waals surface area (Å²) < 4.78 is 0. The fourth-order valence-electron chi connectivity index (χ4n) is 4.61. The van der Waals surface area contributed by atoms with Gasteiger partial charge in [-0.1, -0.05) is 44.2 Å². The van der Waals surface area contributed by atoms with E-state index in [0.29, 0.717) is 25.0 Å². The minimum atomic E-state index is 0. The van der Waals surface area contributed by atoms with Crippen LogP contribution in [0.15, 0.2) is 35.3 Å². The van der Waals surface area contributed by atoms with Gasteiger partial charge >= 0.3 is 0 Å². The van der Waals surface area contributed by atoms with Crippen LogP contribution in [0.1, 0.15) is 38.7 Å². The molecule has 0 aliphatic carbocycles. The van der Waals surface area contributed by atoms with Crippen LogP contribution in [0.5, 0.6) is 0 Å². The number of fused-ring (bicyclic) bond motifs is 1. The van der Waals surface area contributed by atoms with Gasteiger partial charge in [0.1, 0.15) is 0 Å². The molecule has 6 nitrogen and oxygen atoms in total. The first-order valence-corrected chi connectivity index (χ1v) is 11.1. The van der Waals surface area contributed by atoms with Gasteiger partial charge in [-0.15, -0.1) is 24.0 Å². The van der Waals surface area contributed by atoms with Crippen molar-refractivity contribution in [2.24, 2.45) is 16.8 Å². The number of likely N-dealkylation sites (tertiary alicyclic amines) is 2. The fraction of sp³-hybridized carbons (Fsp3) is 0.652. The van der Waals surface area contributed by atoms with Crippen molar-refractivity contribution in [1.82, 2.24) is 20.4 Å². The van der Waals surface area contributed by atoms with E-state index >= 15 is 0 Å². The Morgan fingerprint density at radius 1 is 1.13 bits per heavy atom. The number of benzene rings is 1. The van der Waals surface area contributed by atoms with Crippen LogP contribution < -0.4 is 10.6 Å². The molecule has 0 bridgehead atoms. The highest BCUT2D eigenvalue weighted by Gasteiger charge is 2.36. The monoisotopic (exact) mass is 527 g/mol. The molecule has 3 rings (SSSR count). The number of hydrogen-bond acceptors (Lipinski definition) is 3. The number of hydrogen-bond donors (Lipinski definition) is 2. The van der Waals surface area contributed by atoms with Crippen LogP contribution >= 0.6 is 24.0 Å². The van der Waals surface area contributed by atoms with Crippen molar-refractivity contribution in [1.29, 1.82) is 0 Å². The number of guanidine groups is 1. The van der Waals surface area contributed by atoms with E-state index in [1.165, 1.54) is 31.4 Å². The summed E-state index contributed by atoms with van der Waals surface area (Å²) in [4.78, 5) is 21.3. The Labute approximate surface area is 198 Å². The van der Waals surface area contributed by atoms with Crippen LogP contribution in [0.4, 0.5) is 0 Å². The highest BCUT2D eigenvalue weighted by molar-refractivity contribution is 14.0. The molecule has 2 aliphatic heterocycles. The molecular weight excluding hydrogens is 489 g/mol. The van der Waals surface area contributed by atoms with Crippen molar-refractivity contribution in [3.05, 3.63) is 35.9 Å². The third-order valence-electron chi connectivity index (χ3n) is 6.15. The van der Waals surface area contributed by atoms with E-state index in [1.807, 2.05) is 20.9 Å². The third-order valence-corrected chi connectivity index (χ3v) is 6.15. The van der Waals surface area contributed by atoms with Crippen molar-refractivity contribution in [3.63, 3.8) is 0 Å². The van der Waals surface area contributed by atoms with Gasteiger partial charge in [-0.3, -0.25) is 14.7 Å². The second-order valence-electron chi connectivity index (χ2n) is 8.58. The SMILES string of the molecule is CN=C(NCCNC(=O)C(C)C)N1CCC2C(CCCN2Cc2ccccc2)C1.I. The molecule has 0 spiro atoms. The summed E-state index contributed by atoms with van der Waals surface area (Å²) in [6.07, 6.45) is 3.76. The zero-order valence-electron chi connectivity index (χ0n) is 18.6. The van der Waals surface area contributed by atoms with Gasteiger partial charge in [0.05, 0.1) is 0 Å². The summed E-state index contributed by atoms with van der Waals surface area (Å²) >= 11 is 0. The lowest BCUT2D eigenvalue weighted by Crippen LogP contribution is -2.57. The molecule has 0 saturated carbocycles. The molecule has 1 amide bonds. The predicted molar refractivity (Wildman–Crippen MR) is 134 cm³/mol. The molecule has 1 aromatic rings. The Hall–Kier alpha value is -1.35. The van der Waals surface area contributed by atoms with Gasteiger partial charge in [-0.05, 0) is 37.3 Å². The second kappa shape index (κ2) is 12.5. The largest absolute Gasteiger partial charge is 0.354 e. The zero-order chi connectivity index (χ0) is 20.6. The number of carbonyl (C=O) groups excluding carboxylic acids is 1. The molecule has 2 heterocycles. The summed E-state index contributed by atoms with van der Waals surface area (Å²) in [7, 11) is 1.85. The topological polar surface area (TPSA) is 60.0 Å². The van der Waals surface area contributed by atoms with Crippen LogP contribution in [-0.2, 0) is 11.3 Å². The van der Waals surface area contributed by atoms with Gasteiger partial charge in [0, 0.05) is 51.7 Å². The van der Waals surface area contributed by atoms with Gasteiger partial charge in [0.2, 0.25) is 5.91 Å². The standard InChI is InChI=1S/C23H37N5O.HI/c1-18(2)22(29)25-12-13-26-23(24-3)28-15-11-21-20(17-28)10-7-14-27(21)16-19-8-5-4-6-9-19;/h4-6,8-9,18,20-21H,7,10-17H2,1-3H3,(H,24,26)(H,25,29);1H. The van der Waals surface area contributed by atoms with Gasteiger partial charge in [0.15, 0.2) is 5.96 Å². The van der Waals surface area contributed by atoms with E-state index in [0.717, 1.165) is 25.6 Å². The number of halogens is 1. The van der Waals surface area contributed by atoms with E-state index in [-0.39, 0.29) is 35.8 Å². The first-order chi connectivity index (χ1) is 14.1. The Kier molecular flexibility index (Phi) is 10.4. The first-order valence-electron chi connectivity index (χ1n) is 11.1.